The van der Waals surface area contributed by atoms with E-state index in [9.17, 15) is 14.7 Å². The normalized spacial score (nSPS) is 20.1. The van der Waals surface area contributed by atoms with Gasteiger partial charge in [0, 0.05) is 25.6 Å². The number of benzene rings is 2. The minimum Gasteiger partial charge on any atom is -0.493 e. The van der Waals surface area contributed by atoms with Gasteiger partial charge in [0.15, 0.2) is 23.0 Å². The summed E-state index contributed by atoms with van der Waals surface area (Å²) in [6.45, 7) is 6.45. The summed E-state index contributed by atoms with van der Waals surface area (Å²) in [5.74, 6) is 0.331. The molecule has 212 valence electrons. The SMILES string of the molecule is CCCCN(CCCC)C(=O)CN1C[C@H](c2ccc3c(c2)OCO3)[C@H](C(=O)O)[C@H]1COc1ccccc1OC. The van der Waals surface area contributed by atoms with E-state index in [0.29, 0.717) is 42.6 Å². The van der Waals surface area contributed by atoms with Gasteiger partial charge in [0.1, 0.15) is 6.61 Å². The number of carboxylic acids is 1. The standard InChI is InChI=1S/C30H40N2O7/c1-4-6-14-31(15-7-5-2)28(33)18-32-17-22(21-12-13-26-27(16-21)39-20-38-26)29(30(34)35)23(32)19-37-25-11-9-8-10-24(25)36-3/h8-13,16,22-23,29H,4-7,14-15,17-20H2,1-3H3,(H,34,35)/t22-,23-,29+/m1/s1. The number of hydrogen-bond acceptors (Lipinski definition) is 7. The number of unbranched alkanes of at least 4 members (excludes halogenated alkanes) is 2. The molecule has 9 heteroatoms. The van der Waals surface area contributed by atoms with Gasteiger partial charge in [0.2, 0.25) is 12.7 Å². The van der Waals surface area contributed by atoms with Crippen LogP contribution in [-0.2, 0) is 9.59 Å². The summed E-state index contributed by atoms with van der Waals surface area (Å²) in [5.41, 5.74) is 0.845. The van der Waals surface area contributed by atoms with Crippen molar-refractivity contribution in [3.05, 3.63) is 48.0 Å². The predicted molar refractivity (Wildman–Crippen MR) is 147 cm³/mol. The lowest BCUT2D eigenvalue weighted by Crippen LogP contribution is -2.46. The van der Waals surface area contributed by atoms with Crippen molar-refractivity contribution in [2.75, 3.05) is 46.7 Å². The lowest BCUT2D eigenvalue weighted by atomic mass is 9.85. The molecule has 0 aliphatic carbocycles. The number of hydrogen-bond donors (Lipinski definition) is 1. The van der Waals surface area contributed by atoms with Crippen LogP contribution in [0.4, 0.5) is 0 Å². The van der Waals surface area contributed by atoms with Crippen molar-refractivity contribution in [3.8, 4) is 23.0 Å². The molecule has 0 unspecified atom stereocenters. The molecule has 2 aromatic carbocycles. The van der Waals surface area contributed by atoms with Crippen LogP contribution in [0.25, 0.3) is 0 Å². The van der Waals surface area contributed by atoms with Crippen LogP contribution >= 0.6 is 0 Å². The number of likely N-dealkylation sites (tertiary alicyclic amines) is 1. The minimum atomic E-state index is -0.921. The molecule has 39 heavy (non-hydrogen) atoms. The maximum Gasteiger partial charge on any atom is 0.308 e. The Labute approximate surface area is 230 Å². The van der Waals surface area contributed by atoms with Crippen molar-refractivity contribution in [1.29, 1.82) is 0 Å². The Morgan fingerprint density at radius 1 is 1.03 bits per heavy atom. The summed E-state index contributed by atoms with van der Waals surface area (Å²) in [7, 11) is 1.57. The fraction of sp³-hybridized carbons (Fsp3) is 0.533. The molecule has 4 rings (SSSR count). The van der Waals surface area contributed by atoms with E-state index < -0.39 is 17.9 Å². The van der Waals surface area contributed by atoms with Crippen LogP contribution in [0.2, 0.25) is 0 Å². The average Bonchev–Trinajstić information content (AvgIpc) is 3.56. The van der Waals surface area contributed by atoms with Crippen LogP contribution in [-0.4, -0.2) is 79.5 Å². The van der Waals surface area contributed by atoms with Gasteiger partial charge in [-0.05, 0) is 42.7 Å². The zero-order valence-electron chi connectivity index (χ0n) is 23.1. The topological polar surface area (TPSA) is 97.8 Å². The van der Waals surface area contributed by atoms with Gasteiger partial charge in [-0.15, -0.1) is 0 Å². The lowest BCUT2D eigenvalue weighted by Gasteiger charge is -2.29. The summed E-state index contributed by atoms with van der Waals surface area (Å²) in [4.78, 5) is 30.2. The van der Waals surface area contributed by atoms with Crippen LogP contribution < -0.4 is 18.9 Å². The number of carboxylic acid groups (broad SMARTS) is 1. The van der Waals surface area contributed by atoms with Crippen LogP contribution in [0.3, 0.4) is 0 Å². The van der Waals surface area contributed by atoms with E-state index in [0.717, 1.165) is 31.2 Å². The van der Waals surface area contributed by atoms with E-state index in [1.807, 2.05) is 40.1 Å². The number of rotatable bonds is 14. The van der Waals surface area contributed by atoms with Crippen molar-refractivity contribution in [2.45, 2.75) is 51.5 Å². The first-order valence-corrected chi connectivity index (χ1v) is 13.9. The smallest absolute Gasteiger partial charge is 0.308 e. The number of aliphatic carboxylic acids is 1. The van der Waals surface area contributed by atoms with Crippen molar-refractivity contribution in [1.82, 2.24) is 9.80 Å². The summed E-state index contributed by atoms with van der Waals surface area (Å²) < 4.78 is 22.6. The molecule has 1 saturated heterocycles. The van der Waals surface area contributed by atoms with Gasteiger partial charge >= 0.3 is 5.97 Å². The third-order valence-electron chi connectivity index (χ3n) is 7.59. The maximum absolute atomic E-state index is 13.5. The van der Waals surface area contributed by atoms with Crippen molar-refractivity contribution >= 4 is 11.9 Å². The molecular formula is C30H40N2O7. The summed E-state index contributed by atoms with van der Waals surface area (Å²) in [6, 6.07) is 12.3. The fourth-order valence-corrected chi connectivity index (χ4v) is 5.43. The van der Waals surface area contributed by atoms with Gasteiger partial charge in [0.25, 0.3) is 0 Å². The molecule has 0 saturated carbocycles. The van der Waals surface area contributed by atoms with E-state index in [4.69, 9.17) is 18.9 Å². The molecule has 2 aliphatic heterocycles. The van der Waals surface area contributed by atoms with E-state index >= 15 is 0 Å². The predicted octanol–water partition coefficient (Wildman–Crippen LogP) is 4.40. The highest BCUT2D eigenvalue weighted by molar-refractivity contribution is 5.79. The monoisotopic (exact) mass is 540 g/mol. The highest BCUT2D eigenvalue weighted by Gasteiger charge is 2.48. The molecule has 3 atom stereocenters. The van der Waals surface area contributed by atoms with E-state index in [1.165, 1.54) is 0 Å². The largest absolute Gasteiger partial charge is 0.493 e. The van der Waals surface area contributed by atoms with E-state index in [-0.39, 0.29) is 31.8 Å². The van der Waals surface area contributed by atoms with Gasteiger partial charge in [0.05, 0.1) is 25.6 Å². The number of fused-ring (bicyclic) bond motifs is 1. The lowest BCUT2D eigenvalue weighted by molar-refractivity contribution is -0.144. The second-order valence-corrected chi connectivity index (χ2v) is 10.1. The molecule has 1 amide bonds. The van der Waals surface area contributed by atoms with Crippen LogP contribution in [0.5, 0.6) is 23.0 Å². The molecule has 2 heterocycles. The Morgan fingerprint density at radius 2 is 1.72 bits per heavy atom. The number of ether oxygens (including phenoxy) is 4. The molecule has 2 aliphatic rings. The first-order valence-electron chi connectivity index (χ1n) is 13.9. The van der Waals surface area contributed by atoms with E-state index in [1.54, 1.807) is 19.2 Å². The number of amides is 1. The quantitative estimate of drug-likeness (QED) is 0.377. The van der Waals surface area contributed by atoms with Crippen LogP contribution in [0.15, 0.2) is 42.5 Å². The maximum atomic E-state index is 13.5. The van der Waals surface area contributed by atoms with Gasteiger partial charge in [-0.3, -0.25) is 14.5 Å². The minimum absolute atomic E-state index is 0.0228. The number of carbonyl (C=O) groups is 2. The Morgan fingerprint density at radius 3 is 2.38 bits per heavy atom. The van der Waals surface area contributed by atoms with Gasteiger partial charge < -0.3 is 29.0 Å². The number of carbonyl (C=O) groups excluding carboxylic acids is 1. The van der Waals surface area contributed by atoms with Gasteiger partial charge in [-0.25, -0.2) is 0 Å². The van der Waals surface area contributed by atoms with Crippen LogP contribution in [0.1, 0.15) is 51.0 Å². The van der Waals surface area contributed by atoms with Crippen molar-refractivity contribution in [3.63, 3.8) is 0 Å². The second-order valence-electron chi connectivity index (χ2n) is 10.1. The molecule has 0 spiro atoms. The molecule has 2 aromatic rings. The first-order chi connectivity index (χ1) is 19.0. The molecule has 0 radical (unpaired) electrons. The first kappa shape index (κ1) is 28.5. The van der Waals surface area contributed by atoms with E-state index in [2.05, 4.69) is 13.8 Å². The van der Waals surface area contributed by atoms with Gasteiger partial charge in [-0.2, -0.15) is 0 Å². The Hall–Kier alpha value is -3.46. The van der Waals surface area contributed by atoms with Gasteiger partial charge in [-0.1, -0.05) is 44.9 Å². The molecule has 0 aromatic heterocycles. The van der Waals surface area contributed by atoms with Crippen LogP contribution in [0, 0.1) is 5.92 Å². The average molecular weight is 541 g/mol. The molecule has 0 bridgehead atoms. The fourth-order valence-electron chi connectivity index (χ4n) is 5.43. The number of methoxy groups -OCH3 is 1. The number of nitrogens with zero attached hydrogens (tertiary/aromatic N) is 2. The Bertz CT molecular complexity index is 1120. The Balaban J connectivity index is 1.61. The summed E-state index contributed by atoms with van der Waals surface area (Å²) in [6.07, 6.45) is 3.88. The Kier molecular flexibility index (Phi) is 9.92. The number of para-hydroxylation sites is 2. The zero-order chi connectivity index (χ0) is 27.8. The molecular weight excluding hydrogens is 500 g/mol. The van der Waals surface area contributed by atoms with Crippen molar-refractivity contribution in [2.24, 2.45) is 5.92 Å². The highest BCUT2D eigenvalue weighted by atomic mass is 16.7. The highest BCUT2D eigenvalue weighted by Crippen LogP contribution is 2.42. The third-order valence-corrected chi connectivity index (χ3v) is 7.59. The molecule has 1 N–H and O–H groups in total. The zero-order valence-corrected chi connectivity index (χ0v) is 23.1. The molecule has 9 nitrogen and oxygen atoms in total. The summed E-state index contributed by atoms with van der Waals surface area (Å²) in [5, 5.41) is 10.4. The third kappa shape index (κ3) is 6.76. The second kappa shape index (κ2) is 13.6. The van der Waals surface area contributed by atoms with Crippen molar-refractivity contribution < 1.29 is 33.6 Å². The summed E-state index contributed by atoms with van der Waals surface area (Å²) >= 11 is 0. The molecule has 1 fully saturated rings.